The zero-order valence-electron chi connectivity index (χ0n) is 12.4. The van der Waals surface area contributed by atoms with Gasteiger partial charge in [-0.1, -0.05) is 24.3 Å². The van der Waals surface area contributed by atoms with E-state index >= 15 is 0 Å². The van der Waals surface area contributed by atoms with Crippen molar-refractivity contribution in [3.63, 3.8) is 0 Å². The third-order valence-corrected chi connectivity index (χ3v) is 4.36. The highest BCUT2D eigenvalue weighted by molar-refractivity contribution is 7.18. The number of rotatable bonds is 0. The molecule has 0 aliphatic heterocycles. The van der Waals surface area contributed by atoms with Crippen molar-refractivity contribution in [2.24, 2.45) is 7.05 Å². The van der Waals surface area contributed by atoms with Crippen molar-refractivity contribution in [1.82, 2.24) is 14.5 Å². The average Bonchev–Trinajstić information content (AvgIpc) is 3.00. The van der Waals surface area contributed by atoms with Gasteiger partial charge in [-0.2, -0.15) is 0 Å². The van der Waals surface area contributed by atoms with Crippen LogP contribution in [0.2, 0.25) is 0 Å². The summed E-state index contributed by atoms with van der Waals surface area (Å²) in [4.78, 5) is 8.71. The molecule has 21 heavy (non-hydrogen) atoms. The Labute approximate surface area is 127 Å². The van der Waals surface area contributed by atoms with Crippen molar-refractivity contribution in [3.05, 3.63) is 59.4 Å². The van der Waals surface area contributed by atoms with Crippen LogP contribution in [0, 0.1) is 13.8 Å². The molecule has 106 valence electrons. The Kier molecular flexibility index (Phi) is 3.71. The van der Waals surface area contributed by atoms with Gasteiger partial charge in [0, 0.05) is 7.05 Å². The van der Waals surface area contributed by atoms with E-state index in [1.54, 1.807) is 11.3 Å². The molecule has 4 rings (SSSR count). The summed E-state index contributed by atoms with van der Waals surface area (Å²) in [6.45, 7) is 4.05. The van der Waals surface area contributed by atoms with Gasteiger partial charge >= 0.3 is 0 Å². The van der Waals surface area contributed by atoms with Crippen LogP contribution in [0.1, 0.15) is 10.8 Å². The van der Waals surface area contributed by atoms with Crippen LogP contribution in [0.25, 0.3) is 21.3 Å². The maximum atomic E-state index is 4.38. The van der Waals surface area contributed by atoms with Gasteiger partial charge in [0.05, 0.1) is 26.3 Å². The minimum atomic E-state index is 1.06. The van der Waals surface area contributed by atoms with E-state index in [9.17, 15) is 0 Å². The highest BCUT2D eigenvalue weighted by Crippen LogP contribution is 2.19. The molecule has 2 heterocycles. The lowest BCUT2D eigenvalue weighted by Crippen LogP contribution is -1.89. The fraction of sp³-hybridized carbons (Fsp3) is 0.176. The minimum Gasteiger partial charge on any atom is -0.331 e. The summed E-state index contributed by atoms with van der Waals surface area (Å²) in [5.74, 6) is 1.06. The highest BCUT2D eigenvalue weighted by Gasteiger charge is 2.00. The second-order valence-electron chi connectivity index (χ2n) is 4.91. The Morgan fingerprint density at radius 1 is 0.857 bits per heavy atom. The van der Waals surface area contributed by atoms with Gasteiger partial charge in [0.15, 0.2) is 0 Å². The molecule has 0 atom stereocenters. The average molecular weight is 295 g/mol. The lowest BCUT2D eigenvalue weighted by atomic mass is 10.3. The molecule has 4 aromatic rings. The molecule has 0 aliphatic rings. The highest BCUT2D eigenvalue weighted by atomic mass is 32.1. The van der Waals surface area contributed by atoms with Crippen LogP contribution in [0.15, 0.2) is 48.5 Å². The van der Waals surface area contributed by atoms with Crippen molar-refractivity contribution < 1.29 is 0 Å². The Bertz CT molecular complexity index is 856. The van der Waals surface area contributed by atoms with E-state index in [1.807, 2.05) is 57.3 Å². The molecule has 0 saturated carbocycles. The maximum Gasteiger partial charge on any atom is 0.106 e. The van der Waals surface area contributed by atoms with Crippen LogP contribution in [0.3, 0.4) is 0 Å². The Morgan fingerprint density at radius 3 is 2.24 bits per heavy atom. The molecule has 0 bridgehead atoms. The molecule has 0 N–H and O–H groups in total. The summed E-state index contributed by atoms with van der Waals surface area (Å²) in [6, 6.07) is 16.3. The molecule has 2 aromatic carbocycles. The van der Waals surface area contributed by atoms with Crippen LogP contribution in [0.4, 0.5) is 0 Å². The number of imidazole rings is 1. The molecule has 0 spiro atoms. The van der Waals surface area contributed by atoms with Gasteiger partial charge in [-0.25, -0.2) is 9.97 Å². The van der Waals surface area contributed by atoms with Gasteiger partial charge in [0.2, 0.25) is 0 Å². The fourth-order valence-electron chi connectivity index (χ4n) is 2.25. The zero-order valence-corrected chi connectivity index (χ0v) is 13.2. The van der Waals surface area contributed by atoms with E-state index < -0.39 is 0 Å². The van der Waals surface area contributed by atoms with Gasteiger partial charge in [-0.15, -0.1) is 11.3 Å². The summed E-state index contributed by atoms with van der Waals surface area (Å²) in [5, 5.41) is 1.14. The van der Waals surface area contributed by atoms with Gasteiger partial charge in [0.25, 0.3) is 0 Å². The lowest BCUT2D eigenvalue weighted by molar-refractivity contribution is 0.886. The molecular formula is C17H17N3S. The monoisotopic (exact) mass is 295 g/mol. The first-order chi connectivity index (χ1) is 10.1. The van der Waals surface area contributed by atoms with Crippen LogP contribution < -0.4 is 0 Å². The quantitative estimate of drug-likeness (QED) is 0.478. The maximum absolute atomic E-state index is 4.38. The Hall–Kier alpha value is -2.20. The number of aromatic nitrogens is 3. The molecule has 0 unspecified atom stereocenters. The van der Waals surface area contributed by atoms with Crippen molar-refractivity contribution in [2.45, 2.75) is 13.8 Å². The van der Waals surface area contributed by atoms with Gasteiger partial charge < -0.3 is 4.57 Å². The number of para-hydroxylation sites is 3. The Balaban J connectivity index is 0.000000126. The number of hydrogen-bond donors (Lipinski definition) is 0. The van der Waals surface area contributed by atoms with Crippen molar-refractivity contribution in [3.8, 4) is 0 Å². The Morgan fingerprint density at radius 2 is 1.52 bits per heavy atom. The van der Waals surface area contributed by atoms with Crippen molar-refractivity contribution in [2.75, 3.05) is 0 Å². The predicted octanol–water partition coefficient (Wildman–Crippen LogP) is 4.49. The van der Waals surface area contributed by atoms with Gasteiger partial charge in [0.1, 0.15) is 5.82 Å². The molecule has 0 aliphatic carbocycles. The van der Waals surface area contributed by atoms with E-state index in [4.69, 9.17) is 0 Å². The van der Waals surface area contributed by atoms with E-state index in [1.165, 1.54) is 10.2 Å². The number of thiazole rings is 1. The van der Waals surface area contributed by atoms with E-state index in [-0.39, 0.29) is 0 Å². The molecule has 2 aromatic heterocycles. The second-order valence-corrected chi connectivity index (χ2v) is 6.14. The standard InChI is InChI=1S/C9H10N2.C8H7NS/c1-7-10-8-5-3-4-6-9(8)11(7)2;1-6-9-7-4-2-3-5-8(7)10-6/h3-6H,1-2H3;2-5H,1H3. The van der Waals surface area contributed by atoms with Crippen LogP contribution in [-0.2, 0) is 7.05 Å². The first-order valence-electron chi connectivity index (χ1n) is 6.85. The van der Waals surface area contributed by atoms with Crippen LogP contribution in [-0.4, -0.2) is 14.5 Å². The predicted molar refractivity (Wildman–Crippen MR) is 89.8 cm³/mol. The number of fused-ring (bicyclic) bond motifs is 2. The lowest BCUT2D eigenvalue weighted by Gasteiger charge is -1.93. The fourth-order valence-corrected chi connectivity index (χ4v) is 3.08. The van der Waals surface area contributed by atoms with Crippen molar-refractivity contribution in [1.29, 1.82) is 0 Å². The normalized spacial score (nSPS) is 10.6. The van der Waals surface area contributed by atoms with E-state index in [2.05, 4.69) is 26.7 Å². The second kappa shape index (κ2) is 5.66. The summed E-state index contributed by atoms with van der Waals surface area (Å²) in [7, 11) is 2.03. The number of aryl methyl sites for hydroxylation is 3. The van der Waals surface area contributed by atoms with Crippen LogP contribution in [0.5, 0.6) is 0 Å². The first-order valence-corrected chi connectivity index (χ1v) is 7.67. The summed E-state index contributed by atoms with van der Waals surface area (Å²) in [5.41, 5.74) is 3.39. The third kappa shape index (κ3) is 2.81. The number of hydrogen-bond acceptors (Lipinski definition) is 3. The topological polar surface area (TPSA) is 30.7 Å². The molecule has 0 fully saturated rings. The molecule has 4 heteroatoms. The first kappa shape index (κ1) is 13.8. The minimum absolute atomic E-state index is 1.06. The largest absolute Gasteiger partial charge is 0.331 e. The van der Waals surface area contributed by atoms with Gasteiger partial charge in [-0.3, -0.25) is 0 Å². The molecule has 3 nitrogen and oxygen atoms in total. The number of benzene rings is 2. The summed E-state index contributed by atoms with van der Waals surface area (Å²) in [6.07, 6.45) is 0. The summed E-state index contributed by atoms with van der Waals surface area (Å²) < 4.78 is 3.37. The van der Waals surface area contributed by atoms with E-state index in [0.717, 1.165) is 21.9 Å². The smallest absolute Gasteiger partial charge is 0.106 e. The van der Waals surface area contributed by atoms with Crippen molar-refractivity contribution >= 4 is 32.6 Å². The number of nitrogens with zero attached hydrogens (tertiary/aromatic N) is 3. The zero-order chi connectivity index (χ0) is 14.8. The summed E-state index contributed by atoms with van der Waals surface area (Å²) >= 11 is 1.74. The third-order valence-electron chi connectivity index (χ3n) is 3.41. The van der Waals surface area contributed by atoms with Gasteiger partial charge in [-0.05, 0) is 38.1 Å². The molecule has 0 radical (unpaired) electrons. The molecule has 0 saturated heterocycles. The van der Waals surface area contributed by atoms with Crippen LogP contribution >= 0.6 is 11.3 Å². The SMILES string of the molecule is Cc1nc2ccccc2n1C.Cc1nc2ccccc2s1. The molecule has 0 amide bonds. The van der Waals surface area contributed by atoms with E-state index in [0.29, 0.717) is 0 Å². The molecular weight excluding hydrogens is 278 g/mol.